The third-order valence-electron chi connectivity index (χ3n) is 2.22. The van der Waals surface area contributed by atoms with Crippen LogP contribution in [0.1, 0.15) is 26.5 Å². The van der Waals surface area contributed by atoms with Crippen molar-refractivity contribution in [3.8, 4) is 0 Å². The molecule has 80 valence electrons. The Morgan fingerprint density at radius 2 is 2.13 bits per heavy atom. The first-order valence-electron chi connectivity index (χ1n) is 4.67. The molecule has 0 aliphatic rings. The molecule has 2 rings (SSSR count). The molecular weight excluding hydrogens is 258 g/mol. The Bertz CT molecular complexity index is 562. The molecule has 0 saturated carbocycles. The molecule has 0 radical (unpaired) electrons. The number of nitrogens with one attached hydrogen (secondary N) is 1. The van der Waals surface area contributed by atoms with Crippen molar-refractivity contribution in [2.75, 3.05) is 0 Å². The standard InChI is InChI=1S/C10H12BrN3O/c1-10(2,3)7-4-8(15)14-9(13-7)6(11)5-12-14/h4-5,12H,1-3H3. The molecule has 0 aromatic carbocycles. The summed E-state index contributed by atoms with van der Waals surface area (Å²) in [6, 6.07) is 1.57. The van der Waals surface area contributed by atoms with Crippen molar-refractivity contribution >= 4 is 21.6 Å². The van der Waals surface area contributed by atoms with Gasteiger partial charge in [0.1, 0.15) is 0 Å². The van der Waals surface area contributed by atoms with Crippen molar-refractivity contribution in [1.29, 1.82) is 0 Å². The van der Waals surface area contributed by atoms with Gasteiger partial charge in [0.25, 0.3) is 5.56 Å². The Morgan fingerprint density at radius 3 is 2.73 bits per heavy atom. The number of aromatic nitrogens is 3. The highest BCUT2D eigenvalue weighted by Crippen LogP contribution is 2.21. The number of hydrogen-bond acceptors (Lipinski definition) is 2. The van der Waals surface area contributed by atoms with Crippen LogP contribution in [0.5, 0.6) is 0 Å². The molecule has 2 aromatic rings. The van der Waals surface area contributed by atoms with Gasteiger partial charge in [0, 0.05) is 17.7 Å². The van der Waals surface area contributed by atoms with Crippen molar-refractivity contribution in [3.63, 3.8) is 0 Å². The number of nitrogens with zero attached hydrogens (tertiary/aromatic N) is 2. The van der Waals surface area contributed by atoms with E-state index >= 15 is 0 Å². The summed E-state index contributed by atoms with van der Waals surface area (Å²) >= 11 is 3.35. The lowest BCUT2D eigenvalue weighted by molar-refractivity contribution is 0.566. The lowest BCUT2D eigenvalue weighted by atomic mass is 9.92. The number of hydrogen-bond donors (Lipinski definition) is 1. The van der Waals surface area contributed by atoms with E-state index in [1.165, 1.54) is 4.52 Å². The fourth-order valence-corrected chi connectivity index (χ4v) is 1.71. The highest BCUT2D eigenvalue weighted by atomic mass is 79.9. The van der Waals surface area contributed by atoms with E-state index < -0.39 is 0 Å². The molecule has 0 saturated heterocycles. The third-order valence-corrected chi connectivity index (χ3v) is 2.80. The van der Waals surface area contributed by atoms with Gasteiger partial charge in [-0.05, 0) is 15.9 Å². The van der Waals surface area contributed by atoms with Crippen molar-refractivity contribution < 1.29 is 0 Å². The van der Waals surface area contributed by atoms with Gasteiger partial charge in [0.05, 0.1) is 10.2 Å². The maximum Gasteiger partial charge on any atom is 0.272 e. The van der Waals surface area contributed by atoms with Crippen LogP contribution < -0.4 is 5.56 Å². The second-order valence-corrected chi connectivity index (χ2v) is 5.36. The summed E-state index contributed by atoms with van der Waals surface area (Å²) in [6.45, 7) is 6.10. The Morgan fingerprint density at radius 1 is 1.47 bits per heavy atom. The van der Waals surface area contributed by atoms with Gasteiger partial charge in [0.2, 0.25) is 0 Å². The number of fused-ring (bicyclic) bond motifs is 1. The van der Waals surface area contributed by atoms with Crippen molar-refractivity contribution in [2.24, 2.45) is 0 Å². The van der Waals surface area contributed by atoms with Gasteiger partial charge in [-0.1, -0.05) is 20.8 Å². The molecule has 0 unspecified atom stereocenters. The summed E-state index contributed by atoms with van der Waals surface area (Å²) in [5.74, 6) is 0. The molecule has 4 nitrogen and oxygen atoms in total. The van der Waals surface area contributed by atoms with E-state index in [0.29, 0.717) is 5.65 Å². The van der Waals surface area contributed by atoms with Crippen LogP contribution in [-0.4, -0.2) is 14.6 Å². The highest BCUT2D eigenvalue weighted by molar-refractivity contribution is 9.10. The second kappa shape index (κ2) is 3.20. The zero-order valence-electron chi connectivity index (χ0n) is 8.84. The highest BCUT2D eigenvalue weighted by Gasteiger charge is 2.18. The van der Waals surface area contributed by atoms with E-state index in [0.717, 1.165) is 10.2 Å². The van der Waals surface area contributed by atoms with Gasteiger partial charge >= 0.3 is 0 Å². The molecule has 0 aliphatic heterocycles. The molecule has 0 aliphatic carbocycles. The number of aromatic amines is 1. The number of H-pyrrole nitrogens is 1. The van der Waals surface area contributed by atoms with Crippen LogP contribution in [0.15, 0.2) is 21.5 Å². The molecule has 0 spiro atoms. The lowest BCUT2D eigenvalue weighted by Gasteiger charge is -2.16. The Kier molecular flexibility index (Phi) is 2.22. The first-order valence-corrected chi connectivity index (χ1v) is 5.46. The van der Waals surface area contributed by atoms with Crippen LogP contribution >= 0.6 is 15.9 Å². The van der Waals surface area contributed by atoms with E-state index in [4.69, 9.17) is 0 Å². The summed E-state index contributed by atoms with van der Waals surface area (Å²) in [6.07, 6.45) is 1.70. The molecule has 1 N–H and O–H groups in total. The fraction of sp³-hybridized carbons (Fsp3) is 0.400. The van der Waals surface area contributed by atoms with Gasteiger partial charge in [0.15, 0.2) is 5.65 Å². The van der Waals surface area contributed by atoms with E-state index in [2.05, 4.69) is 26.0 Å². The molecular formula is C10H12BrN3O. The third kappa shape index (κ3) is 1.71. The van der Waals surface area contributed by atoms with Gasteiger partial charge in [-0.25, -0.2) is 9.50 Å². The predicted molar refractivity (Wildman–Crippen MR) is 62.2 cm³/mol. The first-order chi connectivity index (χ1) is 6.89. The average molecular weight is 270 g/mol. The minimum absolute atomic E-state index is 0.0874. The molecule has 0 bridgehead atoms. The van der Waals surface area contributed by atoms with Crippen LogP contribution in [0.25, 0.3) is 5.65 Å². The predicted octanol–water partition coefficient (Wildman–Crippen LogP) is 2.08. The molecule has 0 fully saturated rings. The van der Waals surface area contributed by atoms with E-state index in [1.807, 2.05) is 20.8 Å². The van der Waals surface area contributed by atoms with Crippen molar-refractivity contribution in [3.05, 3.63) is 32.8 Å². The molecule has 2 aromatic heterocycles. The monoisotopic (exact) mass is 269 g/mol. The average Bonchev–Trinajstić information content (AvgIpc) is 2.47. The summed E-state index contributed by atoms with van der Waals surface area (Å²) in [5, 5.41) is 2.83. The Balaban J connectivity index is 2.82. The maximum absolute atomic E-state index is 11.7. The molecule has 2 heterocycles. The first kappa shape index (κ1) is 10.4. The van der Waals surface area contributed by atoms with Gasteiger partial charge in [-0.3, -0.25) is 9.89 Å². The zero-order chi connectivity index (χ0) is 11.2. The van der Waals surface area contributed by atoms with Crippen LogP contribution in [0.3, 0.4) is 0 Å². The number of halogens is 1. The van der Waals surface area contributed by atoms with Crippen LogP contribution in [-0.2, 0) is 5.41 Å². The SMILES string of the molecule is CC(C)(C)c1cc(=O)n2[nH]cc(Br)c2n1. The summed E-state index contributed by atoms with van der Waals surface area (Å²) in [7, 11) is 0. The van der Waals surface area contributed by atoms with E-state index in [-0.39, 0.29) is 11.0 Å². The maximum atomic E-state index is 11.7. The Labute approximate surface area is 95.4 Å². The van der Waals surface area contributed by atoms with Crippen LogP contribution in [0.4, 0.5) is 0 Å². The second-order valence-electron chi connectivity index (χ2n) is 4.51. The topological polar surface area (TPSA) is 50.2 Å². The van der Waals surface area contributed by atoms with Crippen LogP contribution in [0, 0.1) is 0 Å². The fourth-order valence-electron chi connectivity index (χ4n) is 1.34. The van der Waals surface area contributed by atoms with Crippen LogP contribution in [0.2, 0.25) is 0 Å². The zero-order valence-corrected chi connectivity index (χ0v) is 10.4. The van der Waals surface area contributed by atoms with Gasteiger partial charge in [-0.15, -0.1) is 0 Å². The van der Waals surface area contributed by atoms with Crippen molar-refractivity contribution in [2.45, 2.75) is 26.2 Å². The molecule has 0 amide bonds. The van der Waals surface area contributed by atoms with Crippen molar-refractivity contribution in [1.82, 2.24) is 14.6 Å². The van der Waals surface area contributed by atoms with Gasteiger partial charge < -0.3 is 0 Å². The van der Waals surface area contributed by atoms with E-state index in [1.54, 1.807) is 12.3 Å². The summed E-state index contributed by atoms with van der Waals surface area (Å²) in [4.78, 5) is 16.2. The largest absolute Gasteiger partial charge is 0.296 e. The number of rotatable bonds is 0. The molecule has 5 heteroatoms. The quantitative estimate of drug-likeness (QED) is 0.796. The minimum Gasteiger partial charge on any atom is -0.296 e. The smallest absolute Gasteiger partial charge is 0.272 e. The normalized spacial score (nSPS) is 12.3. The molecule has 0 atom stereocenters. The summed E-state index contributed by atoms with van der Waals surface area (Å²) in [5.41, 5.74) is 1.22. The lowest BCUT2D eigenvalue weighted by Crippen LogP contribution is -2.22. The minimum atomic E-state index is -0.120. The molecule has 15 heavy (non-hydrogen) atoms. The van der Waals surface area contributed by atoms with E-state index in [9.17, 15) is 4.79 Å². The summed E-state index contributed by atoms with van der Waals surface area (Å²) < 4.78 is 2.21. The Hall–Kier alpha value is -1.10. The van der Waals surface area contributed by atoms with Gasteiger partial charge in [-0.2, -0.15) is 0 Å².